The zero-order valence-corrected chi connectivity index (χ0v) is 32.5. The topological polar surface area (TPSA) is 97.4 Å². The van der Waals surface area contributed by atoms with Gasteiger partial charge in [-0.3, -0.25) is 0 Å². The van der Waals surface area contributed by atoms with Gasteiger partial charge in [0.15, 0.2) is 0 Å². The first-order valence-corrected chi connectivity index (χ1v) is 20.7. The van der Waals surface area contributed by atoms with Crippen molar-refractivity contribution in [2.75, 3.05) is 26.4 Å². The summed E-state index contributed by atoms with van der Waals surface area (Å²) in [7, 11) is 0. The van der Waals surface area contributed by atoms with E-state index in [2.05, 4.69) is 33.9 Å². The molecule has 1 aromatic carbocycles. The molecule has 6 fully saturated rings. The van der Waals surface area contributed by atoms with Crippen LogP contribution in [0, 0.1) is 76.9 Å². The second-order valence-electron chi connectivity index (χ2n) is 18.0. The van der Waals surface area contributed by atoms with Crippen molar-refractivity contribution >= 4 is 17.9 Å². The van der Waals surface area contributed by atoms with Crippen molar-refractivity contribution in [3.63, 3.8) is 0 Å². The Morgan fingerprint density at radius 2 is 1.42 bits per heavy atom. The van der Waals surface area contributed by atoms with E-state index in [-0.39, 0.29) is 23.8 Å². The van der Waals surface area contributed by atoms with Crippen molar-refractivity contribution in [2.45, 2.75) is 97.5 Å². The number of ether oxygens (including phenoxy) is 3. The van der Waals surface area contributed by atoms with Crippen LogP contribution >= 0.6 is 0 Å². The van der Waals surface area contributed by atoms with Crippen LogP contribution in [0.4, 0.5) is 0 Å². The van der Waals surface area contributed by atoms with Gasteiger partial charge in [0.2, 0.25) is 0 Å². The molecule has 8 heteroatoms. The number of benzene rings is 1. The van der Waals surface area contributed by atoms with Crippen molar-refractivity contribution in [1.29, 1.82) is 0 Å². The minimum atomic E-state index is -0.596. The summed E-state index contributed by atoms with van der Waals surface area (Å²) in [5.74, 6) is 6.46. The summed E-state index contributed by atoms with van der Waals surface area (Å²) >= 11 is 0. The van der Waals surface area contributed by atoms with Crippen LogP contribution in [0.1, 0.15) is 113 Å². The summed E-state index contributed by atoms with van der Waals surface area (Å²) < 4.78 is 17.9. The van der Waals surface area contributed by atoms with Gasteiger partial charge in [0.1, 0.15) is 12.2 Å². The fourth-order valence-electron chi connectivity index (χ4n) is 12.6. The molecule has 53 heavy (non-hydrogen) atoms. The second kappa shape index (κ2) is 16.0. The summed E-state index contributed by atoms with van der Waals surface area (Å²) in [6.07, 6.45) is 12.8. The third kappa shape index (κ3) is 7.65. The van der Waals surface area contributed by atoms with Crippen molar-refractivity contribution < 1.29 is 38.4 Å². The summed E-state index contributed by atoms with van der Waals surface area (Å²) in [6, 6.07) is 6.88. The van der Waals surface area contributed by atoms with Gasteiger partial charge in [-0.2, -0.15) is 0 Å². The van der Waals surface area contributed by atoms with Crippen LogP contribution in [0.15, 0.2) is 49.1 Å². The summed E-state index contributed by atoms with van der Waals surface area (Å²) in [4.78, 5) is 49.8. The van der Waals surface area contributed by atoms with Crippen LogP contribution in [-0.4, -0.2) is 49.9 Å². The SMILES string of the molecule is C=CCOOCC(CC)C1CC2C3CC(COC(=O)c4cccc(C(=O)OC(C)(CC)C5CC6C7CC(COC(=O)C(=C)C)C(C7)C6C5)c4)C(C3)C2C1. The summed E-state index contributed by atoms with van der Waals surface area (Å²) in [6.45, 7) is 17.5. The molecule has 0 spiro atoms. The highest BCUT2D eigenvalue weighted by Gasteiger charge is 2.59. The lowest BCUT2D eigenvalue weighted by Gasteiger charge is -2.35. The lowest BCUT2D eigenvalue weighted by molar-refractivity contribution is -0.295. The quantitative estimate of drug-likeness (QED) is 0.0298. The van der Waals surface area contributed by atoms with Gasteiger partial charge < -0.3 is 14.2 Å². The number of carbonyl (C=O) groups excluding carboxylic acids is 3. The molecule has 0 heterocycles. The van der Waals surface area contributed by atoms with Crippen LogP contribution in [0.2, 0.25) is 0 Å². The van der Waals surface area contributed by atoms with Gasteiger partial charge in [0.05, 0.1) is 30.9 Å². The lowest BCUT2D eigenvalue weighted by Crippen LogP contribution is -2.38. The Hall–Kier alpha value is -2.97. The van der Waals surface area contributed by atoms with Gasteiger partial charge in [0.25, 0.3) is 0 Å². The highest BCUT2D eigenvalue weighted by molar-refractivity contribution is 5.95. The maximum Gasteiger partial charge on any atom is 0.338 e. The van der Waals surface area contributed by atoms with Crippen LogP contribution in [0.3, 0.4) is 0 Å². The smallest absolute Gasteiger partial charge is 0.338 e. The highest BCUT2D eigenvalue weighted by Crippen LogP contribution is 2.65. The molecule has 7 rings (SSSR count). The molecule has 0 aromatic heterocycles. The van der Waals surface area contributed by atoms with Gasteiger partial charge in [-0.15, -0.1) is 6.58 Å². The average Bonchev–Trinajstić information content (AvgIpc) is 4.01. The Labute approximate surface area is 316 Å². The Bertz CT molecular complexity index is 1540. The van der Waals surface area contributed by atoms with Gasteiger partial charge in [-0.25, -0.2) is 24.2 Å². The minimum Gasteiger partial charge on any atom is -0.462 e. The Morgan fingerprint density at radius 3 is 2.06 bits per heavy atom. The molecule has 6 aliphatic rings. The Morgan fingerprint density at radius 1 is 0.811 bits per heavy atom. The van der Waals surface area contributed by atoms with Crippen LogP contribution < -0.4 is 0 Å². The molecule has 290 valence electrons. The van der Waals surface area contributed by atoms with E-state index in [9.17, 15) is 14.4 Å². The Kier molecular flexibility index (Phi) is 11.6. The van der Waals surface area contributed by atoms with Crippen LogP contribution in [0.25, 0.3) is 0 Å². The van der Waals surface area contributed by atoms with Crippen LogP contribution in [0.5, 0.6) is 0 Å². The molecular formula is C45H62O8. The van der Waals surface area contributed by atoms with Crippen molar-refractivity contribution in [2.24, 2.45) is 76.9 Å². The van der Waals surface area contributed by atoms with Crippen molar-refractivity contribution in [3.05, 3.63) is 60.2 Å². The number of hydrogen-bond donors (Lipinski definition) is 0. The first-order chi connectivity index (χ1) is 25.5. The average molecular weight is 731 g/mol. The summed E-state index contributed by atoms with van der Waals surface area (Å²) in [5, 5.41) is 0. The van der Waals surface area contributed by atoms with Gasteiger partial charge in [-0.1, -0.05) is 39.0 Å². The van der Waals surface area contributed by atoms with E-state index in [1.165, 1.54) is 25.7 Å². The molecule has 14 unspecified atom stereocenters. The summed E-state index contributed by atoms with van der Waals surface area (Å²) in [5.41, 5.74) is 0.637. The van der Waals surface area contributed by atoms with E-state index < -0.39 is 5.60 Å². The number of esters is 3. The van der Waals surface area contributed by atoms with Gasteiger partial charge in [0, 0.05) is 5.57 Å². The maximum absolute atomic E-state index is 13.7. The number of hydrogen-bond acceptors (Lipinski definition) is 8. The molecule has 4 bridgehead atoms. The maximum atomic E-state index is 13.7. The molecule has 0 radical (unpaired) electrons. The third-order valence-electron chi connectivity index (χ3n) is 15.4. The van der Waals surface area contributed by atoms with E-state index in [4.69, 9.17) is 24.0 Å². The zero-order chi connectivity index (χ0) is 37.4. The minimum absolute atomic E-state index is 0.274. The molecule has 1 aromatic rings. The lowest BCUT2D eigenvalue weighted by atomic mass is 9.76. The van der Waals surface area contributed by atoms with E-state index in [1.807, 2.05) is 0 Å². The Balaban J connectivity index is 0.903. The molecule has 6 saturated carbocycles. The first kappa shape index (κ1) is 38.3. The molecule has 0 N–H and O–H groups in total. The largest absolute Gasteiger partial charge is 0.462 e. The highest BCUT2D eigenvalue weighted by atomic mass is 17.2. The number of fused-ring (bicyclic) bond motifs is 10. The van der Waals surface area contributed by atoms with E-state index >= 15 is 0 Å². The van der Waals surface area contributed by atoms with Crippen LogP contribution in [-0.2, 0) is 28.8 Å². The van der Waals surface area contributed by atoms with Crippen molar-refractivity contribution in [1.82, 2.24) is 0 Å². The molecule has 0 saturated heterocycles. The monoisotopic (exact) mass is 730 g/mol. The van der Waals surface area contributed by atoms with E-state index in [0.717, 1.165) is 50.4 Å². The van der Waals surface area contributed by atoms with Gasteiger partial charge >= 0.3 is 17.9 Å². The fourth-order valence-corrected chi connectivity index (χ4v) is 12.6. The molecule has 6 aliphatic carbocycles. The van der Waals surface area contributed by atoms with Gasteiger partial charge in [-0.05, 0) is 167 Å². The zero-order valence-electron chi connectivity index (χ0n) is 32.5. The number of carbonyl (C=O) groups is 3. The fraction of sp³-hybridized carbons (Fsp3) is 0.711. The second-order valence-corrected chi connectivity index (χ2v) is 18.0. The third-order valence-corrected chi connectivity index (χ3v) is 15.4. The number of rotatable bonds is 17. The molecular weight excluding hydrogens is 668 g/mol. The standard InChI is InChI=1S/C45H62O8/c1-7-13-51-52-25-27(8-2)30-17-36-31-15-34(37(19-31)40(36)18-30)24-50-43(47)28-11-10-12-29(14-28)44(48)53-45(6,9-3)35-21-39-32-16-33(23-49-42(46)26(4)5)38(20-32)41(39)22-35/h7,10-12,14,27,30-41H,1,4,8-9,13,15-25H2,2-3,5-6H3. The normalized spacial score (nSPS) is 36.4. The predicted octanol–water partition coefficient (Wildman–Crippen LogP) is 9.05. The van der Waals surface area contributed by atoms with Crippen molar-refractivity contribution in [3.8, 4) is 0 Å². The predicted molar refractivity (Wildman–Crippen MR) is 201 cm³/mol. The molecule has 8 nitrogen and oxygen atoms in total. The molecule has 0 amide bonds. The van der Waals surface area contributed by atoms with E-state index in [0.29, 0.717) is 102 Å². The first-order valence-electron chi connectivity index (χ1n) is 20.7. The van der Waals surface area contributed by atoms with E-state index in [1.54, 1.807) is 37.3 Å². The molecule has 0 aliphatic heterocycles. The molecule has 14 atom stereocenters.